The van der Waals surface area contributed by atoms with Crippen LogP contribution in [0.15, 0.2) is 18.2 Å². The molecule has 0 aromatic heterocycles. The Morgan fingerprint density at radius 2 is 2.12 bits per heavy atom. The summed E-state index contributed by atoms with van der Waals surface area (Å²) in [5, 5.41) is 12.3. The SMILES string of the molecule is CCc1cccc(C)c1NCC(C#N)CC. The number of benzene rings is 1. The molecule has 1 rings (SSSR count). The standard InChI is InChI=1S/C14H20N2/c1-4-12(9-15)10-16-14-11(3)7-6-8-13(14)5-2/h6-8,12,16H,4-5,10H2,1-3H3. The van der Waals surface area contributed by atoms with Gasteiger partial charge in [0, 0.05) is 12.2 Å². The van der Waals surface area contributed by atoms with E-state index in [9.17, 15) is 0 Å². The fourth-order valence-corrected chi connectivity index (χ4v) is 1.78. The Morgan fingerprint density at radius 3 is 2.69 bits per heavy atom. The monoisotopic (exact) mass is 216 g/mol. The van der Waals surface area contributed by atoms with E-state index >= 15 is 0 Å². The molecule has 16 heavy (non-hydrogen) atoms. The predicted octanol–water partition coefficient (Wildman–Crippen LogP) is 3.52. The Hall–Kier alpha value is -1.49. The lowest BCUT2D eigenvalue weighted by molar-refractivity contribution is 0.673. The molecular formula is C14H20N2. The summed E-state index contributed by atoms with van der Waals surface area (Å²) in [6.07, 6.45) is 1.92. The summed E-state index contributed by atoms with van der Waals surface area (Å²) in [6.45, 7) is 7.05. The summed E-state index contributed by atoms with van der Waals surface area (Å²) < 4.78 is 0. The third-order valence-electron chi connectivity index (χ3n) is 2.94. The summed E-state index contributed by atoms with van der Waals surface area (Å²) in [5.74, 6) is 0.101. The van der Waals surface area contributed by atoms with Crippen molar-refractivity contribution < 1.29 is 0 Å². The van der Waals surface area contributed by atoms with Gasteiger partial charge in [0.05, 0.1) is 12.0 Å². The maximum Gasteiger partial charge on any atom is 0.0674 e. The first-order chi connectivity index (χ1) is 7.72. The molecule has 0 saturated carbocycles. The maximum absolute atomic E-state index is 8.91. The molecule has 1 atom stereocenters. The van der Waals surface area contributed by atoms with Gasteiger partial charge in [0.25, 0.3) is 0 Å². The molecule has 0 fully saturated rings. The average Bonchev–Trinajstić information content (AvgIpc) is 2.31. The quantitative estimate of drug-likeness (QED) is 0.817. The van der Waals surface area contributed by atoms with E-state index < -0.39 is 0 Å². The van der Waals surface area contributed by atoms with Gasteiger partial charge < -0.3 is 5.32 Å². The summed E-state index contributed by atoms with van der Waals surface area (Å²) in [5.41, 5.74) is 3.79. The van der Waals surface area contributed by atoms with Crippen molar-refractivity contribution in [3.63, 3.8) is 0 Å². The van der Waals surface area contributed by atoms with Crippen LogP contribution in [0, 0.1) is 24.2 Å². The Bertz CT molecular complexity index is 377. The van der Waals surface area contributed by atoms with E-state index in [0.29, 0.717) is 0 Å². The number of hydrogen-bond acceptors (Lipinski definition) is 2. The molecule has 2 nitrogen and oxygen atoms in total. The molecular weight excluding hydrogens is 196 g/mol. The van der Waals surface area contributed by atoms with Crippen molar-refractivity contribution in [1.82, 2.24) is 0 Å². The number of para-hydroxylation sites is 1. The van der Waals surface area contributed by atoms with Gasteiger partial charge in [0.15, 0.2) is 0 Å². The zero-order valence-electron chi connectivity index (χ0n) is 10.4. The Labute approximate surface area is 98.3 Å². The smallest absolute Gasteiger partial charge is 0.0674 e. The predicted molar refractivity (Wildman–Crippen MR) is 68.4 cm³/mol. The minimum absolute atomic E-state index is 0.101. The van der Waals surface area contributed by atoms with E-state index in [0.717, 1.165) is 19.4 Å². The van der Waals surface area contributed by atoms with Crippen LogP contribution in [0.1, 0.15) is 31.4 Å². The lowest BCUT2D eigenvalue weighted by Gasteiger charge is -2.15. The zero-order chi connectivity index (χ0) is 12.0. The third-order valence-corrected chi connectivity index (χ3v) is 2.94. The molecule has 1 unspecified atom stereocenters. The molecule has 0 saturated heterocycles. The number of nitriles is 1. The molecule has 1 N–H and O–H groups in total. The number of rotatable bonds is 5. The first kappa shape index (κ1) is 12.6. The van der Waals surface area contributed by atoms with E-state index in [-0.39, 0.29) is 5.92 Å². The van der Waals surface area contributed by atoms with Crippen molar-refractivity contribution in [3.8, 4) is 6.07 Å². The molecule has 86 valence electrons. The van der Waals surface area contributed by atoms with Gasteiger partial charge in [0.1, 0.15) is 0 Å². The fourth-order valence-electron chi connectivity index (χ4n) is 1.78. The highest BCUT2D eigenvalue weighted by atomic mass is 14.9. The molecule has 0 bridgehead atoms. The van der Waals surface area contributed by atoms with Gasteiger partial charge in [-0.05, 0) is 30.9 Å². The van der Waals surface area contributed by atoms with Crippen molar-refractivity contribution in [2.75, 3.05) is 11.9 Å². The first-order valence-corrected chi connectivity index (χ1v) is 5.94. The van der Waals surface area contributed by atoms with Gasteiger partial charge in [-0.25, -0.2) is 0 Å². The van der Waals surface area contributed by atoms with Crippen LogP contribution in [0.25, 0.3) is 0 Å². The number of aryl methyl sites for hydroxylation is 2. The van der Waals surface area contributed by atoms with Crippen LogP contribution in [-0.2, 0) is 6.42 Å². The molecule has 1 aromatic rings. The number of hydrogen-bond donors (Lipinski definition) is 1. The highest BCUT2D eigenvalue weighted by Gasteiger charge is 2.07. The molecule has 0 radical (unpaired) electrons. The normalized spacial score (nSPS) is 11.9. The summed E-state index contributed by atoms with van der Waals surface area (Å²) in [7, 11) is 0. The molecule has 0 aliphatic heterocycles. The number of nitrogens with zero attached hydrogens (tertiary/aromatic N) is 1. The second-order valence-electron chi connectivity index (χ2n) is 4.08. The maximum atomic E-state index is 8.91. The van der Waals surface area contributed by atoms with E-state index in [1.54, 1.807) is 0 Å². The van der Waals surface area contributed by atoms with E-state index in [1.165, 1.54) is 16.8 Å². The van der Waals surface area contributed by atoms with E-state index in [4.69, 9.17) is 5.26 Å². The van der Waals surface area contributed by atoms with Crippen LogP contribution in [0.3, 0.4) is 0 Å². The van der Waals surface area contributed by atoms with Gasteiger partial charge in [-0.2, -0.15) is 5.26 Å². The lowest BCUT2D eigenvalue weighted by Crippen LogP contribution is -2.13. The topological polar surface area (TPSA) is 35.8 Å². The second kappa shape index (κ2) is 6.17. The largest absolute Gasteiger partial charge is 0.383 e. The van der Waals surface area contributed by atoms with Crippen LogP contribution < -0.4 is 5.32 Å². The van der Waals surface area contributed by atoms with Crippen LogP contribution in [0.5, 0.6) is 0 Å². The molecule has 2 heteroatoms. The Kier molecular flexibility index (Phi) is 4.85. The third kappa shape index (κ3) is 3.00. The Balaban J connectivity index is 2.77. The zero-order valence-corrected chi connectivity index (χ0v) is 10.4. The molecule has 0 heterocycles. The second-order valence-corrected chi connectivity index (χ2v) is 4.08. The highest BCUT2D eigenvalue weighted by molar-refractivity contribution is 5.57. The number of anilines is 1. The van der Waals surface area contributed by atoms with Gasteiger partial charge in [-0.1, -0.05) is 32.0 Å². The van der Waals surface area contributed by atoms with Crippen LogP contribution >= 0.6 is 0 Å². The van der Waals surface area contributed by atoms with Crippen molar-refractivity contribution in [1.29, 1.82) is 5.26 Å². The molecule has 0 aliphatic rings. The molecule has 0 amide bonds. The van der Waals surface area contributed by atoms with Crippen molar-refractivity contribution >= 4 is 5.69 Å². The van der Waals surface area contributed by atoms with Gasteiger partial charge in [-0.3, -0.25) is 0 Å². The van der Waals surface area contributed by atoms with E-state index in [2.05, 4.69) is 43.4 Å². The van der Waals surface area contributed by atoms with Crippen LogP contribution in [0.2, 0.25) is 0 Å². The minimum Gasteiger partial charge on any atom is -0.383 e. The lowest BCUT2D eigenvalue weighted by atomic mass is 10.0. The minimum atomic E-state index is 0.101. The molecule has 0 spiro atoms. The fraction of sp³-hybridized carbons (Fsp3) is 0.500. The highest BCUT2D eigenvalue weighted by Crippen LogP contribution is 2.21. The Morgan fingerprint density at radius 1 is 1.38 bits per heavy atom. The van der Waals surface area contributed by atoms with Gasteiger partial charge in [0.2, 0.25) is 0 Å². The molecule has 1 aromatic carbocycles. The van der Waals surface area contributed by atoms with E-state index in [1.807, 2.05) is 6.92 Å². The van der Waals surface area contributed by atoms with Gasteiger partial charge in [-0.15, -0.1) is 0 Å². The van der Waals surface area contributed by atoms with Gasteiger partial charge >= 0.3 is 0 Å². The van der Waals surface area contributed by atoms with Crippen molar-refractivity contribution in [3.05, 3.63) is 29.3 Å². The van der Waals surface area contributed by atoms with Crippen LogP contribution in [0.4, 0.5) is 5.69 Å². The number of nitrogens with one attached hydrogen (secondary N) is 1. The van der Waals surface area contributed by atoms with Crippen LogP contribution in [-0.4, -0.2) is 6.54 Å². The summed E-state index contributed by atoms with van der Waals surface area (Å²) >= 11 is 0. The van der Waals surface area contributed by atoms with Crippen molar-refractivity contribution in [2.45, 2.75) is 33.6 Å². The summed E-state index contributed by atoms with van der Waals surface area (Å²) in [4.78, 5) is 0. The summed E-state index contributed by atoms with van der Waals surface area (Å²) in [6, 6.07) is 8.65. The van der Waals surface area contributed by atoms with Crippen molar-refractivity contribution in [2.24, 2.45) is 5.92 Å². The first-order valence-electron chi connectivity index (χ1n) is 5.94. The average molecular weight is 216 g/mol. The molecule has 0 aliphatic carbocycles.